The number of rotatable bonds is 3. The third-order valence-electron chi connectivity index (χ3n) is 2.28. The summed E-state index contributed by atoms with van der Waals surface area (Å²) in [5.74, 6) is -0.318. The maximum atomic E-state index is 13.1. The third-order valence-corrected chi connectivity index (χ3v) is 3.19. The Morgan fingerprint density at radius 3 is 2.65 bits per heavy atom. The van der Waals surface area contributed by atoms with Crippen molar-refractivity contribution < 1.29 is 4.39 Å². The maximum absolute atomic E-state index is 13.1. The van der Waals surface area contributed by atoms with Crippen LogP contribution in [0.2, 0.25) is 5.02 Å². The van der Waals surface area contributed by atoms with Gasteiger partial charge in [0.15, 0.2) is 0 Å². The molecular formula is C13H10BrClFN. The van der Waals surface area contributed by atoms with E-state index in [4.69, 9.17) is 11.6 Å². The minimum absolute atomic E-state index is 0.318. The quantitative estimate of drug-likeness (QED) is 0.853. The van der Waals surface area contributed by atoms with Crippen LogP contribution in [-0.2, 0) is 6.54 Å². The lowest BCUT2D eigenvalue weighted by molar-refractivity contribution is 0.626. The second-order valence-corrected chi connectivity index (χ2v) is 4.90. The molecule has 0 aliphatic rings. The summed E-state index contributed by atoms with van der Waals surface area (Å²) in [6, 6.07) is 12.3. The van der Waals surface area contributed by atoms with Gasteiger partial charge in [0.25, 0.3) is 0 Å². The van der Waals surface area contributed by atoms with Gasteiger partial charge in [-0.2, -0.15) is 0 Å². The lowest BCUT2D eigenvalue weighted by Crippen LogP contribution is -2.00. The van der Waals surface area contributed by atoms with Gasteiger partial charge in [0.2, 0.25) is 0 Å². The van der Waals surface area contributed by atoms with Crippen molar-refractivity contribution in [1.82, 2.24) is 0 Å². The van der Waals surface area contributed by atoms with E-state index in [1.165, 1.54) is 12.1 Å². The highest BCUT2D eigenvalue weighted by molar-refractivity contribution is 9.10. The fourth-order valence-electron chi connectivity index (χ4n) is 1.51. The second kappa shape index (κ2) is 5.52. The van der Waals surface area contributed by atoms with Gasteiger partial charge in [0, 0.05) is 21.7 Å². The fraction of sp³-hybridized carbons (Fsp3) is 0.0769. The Morgan fingerprint density at radius 1 is 1.18 bits per heavy atom. The summed E-state index contributed by atoms with van der Waals surface area (Å²) in [5, 5.41) is 3.62. The van der Waals surface area contributed by atoms with E-state index in [1.807, 2.05) is 24.3 Å². The molecular weight excluding hydrogens is 305 g/mol. The van der Waals surface area contributed by atoms with Gasteiger partial charge < -0.3 is 5.32 Å². The molecule has 2 rings (SSSR count). The minimum Gasteiger partial charge on any atom is -0.380 e. The van der Waals surface area contributed by atoms with Crippen molar-refractivity contribution in [3.05, 3.63) is 63.3 Å². The van der Waals surface area contributed by atoms with Gasteiger partial charge >= 0.3 is 0 Å². The Labute approximate surface area is 113 Å². The number of hydrogen-bond donors (Lipinski definition) is 1. The van der Waals surface area contributed by atoms with E-state index in [0.717, 1.165) is 15.7 Å². The molecule has 2 aromatic rings. The van der Waals surface area contributed by atoms with Crippen LogP contribution in [0.25, 0.3) is 0 Å². The van der Waals surface area contributed by atoms with E-state index in [1.54, 1.807) is 6.07 Å². The van der Waals surface area contributed by atoms with Crippen molar-refractivity contribution in [1.29, 1.82) is 0 Å². The van der Waals surface area contributed by atoms with E-state index in [-0.39, 0.29) is 5.82 Å². The summed E-state index contributed by atoms with van der Waals surface area (Å²) >= 11 is 9.22. The van der Waals surface area contributed by atoms with Crippen LogP contribution in [0.4, 0.5) is 10.1 Å². The molecule has 1 N–H and O–H groups in total. The first-order valence-corrected chi connectivity index (χ1v) is 6.25. The predicted molar refractivity (Wildman–Crippen MR) is 72.9 cm³/mol. The lowest BCUT2D eigenvalue weighted by atomic mass is 10.2. The number of anilines is 1. The lowest BCUT2D eigenvalue weighted by Gasteiger charge is -2.08. The summed E-state index contributed by atoms with van der Waals surface area (Å²) in [7, 11) is 0. The van der Waals surface area contributed by atoms with Gasteiger partial charge in [-0.1, -0.05) is 23.7 Å². The van der Waals surface area contributed by atoms with Crippen LogP contribution in [-0.4, -0.2) is 0 Å². The molecule has 4 heteroatoms. The van der Waals surface area contributed by atoms with Gasteiger partial charge in [-0.25, -0.2) is 4.39 Å². The van der Waals surface area contributed by atoms with Gasteiger partial charge in [-0.15, -0.1) is 0 Å². The Bertz CT molecular complexity index is 510. The Hall–Kier alpha value is -1.06. The first-order chi connectivity index (χ1) is 8.15. The van der Waals surface area contributed by atoms with E-state index >= 15 is 0 Å². The number of hydrogen-bond acceptors (Lipinski definition) is 1. The number of benzene rings is 2. The van der Waals surface area contributed by atoms with Crippen molar-refractivity contribution in [3.63, 3.8) is 0 Å². The van der Waals surface area contributed by atoms with Crippen LogP contribution in [0.1, 0.15) is 5.56 Å². The second-order valence-electron chi connectivity index (χ2n) is 3.61. The molecule has 0 radical (unpaired) electrons. The van der Waals surface area contributed by atoms with Crippen LogP contribution in [0.3, 0.4) is 0 Å². The highest BCUT2D eigenvalue weighted by Crippen LogP contribution is 2.22. The summed E-state index contributed by atoms with van der Waals surface area (Å²) < 4.78 is 14.1. The molecule has 0 spiro atoms. The minimum atomic E-state index is -0.318. The van der Waals surface area contributed by atoms with E-state index in [9.17, 15) is 4.39 Å². The van der Waals surface area contributed by atoms with Crippen molar-refractivity contribution in [3.8, 4) is 0 Å². The summed E-state index contributed by atoms with van der Waals surface area (Å²) in [6.45, 7) is 0.528. The zero-order valence-electron chi connectivity index (χ0n) is 8.88. The average Bonchev–Trinajstić information content (AvgIpc) is 2.27. The first-order valence-electron chi connectivity index (χ1n) is 5.08. The van der Waals surface area contributed by atoms with Crippen LogP contribution in [0, 0.1) is 5.82 Å². The van der Waals surface area contributed by atoms with Crippen LogP contribution >= 0.6 is 27.5 Å². The zero-order valence-corrected chi connectivity index (χ0v) is 11.2. The molecule has 0 aliphatic heterocycles. The molecule has 0 amide bonds. The summed E-state index contributed by atoms with van der Waals surface area (Å²) in [6.07, 6.45) is 0. The molecule has 0 aromatic heterocycles. The van der Waals surface area contributed by atoms with E-state index in [2.05, 4.69) is 21.2 Å². The molecule has 0 unspecified atom stereocenters. The molecule has 17 heavy (non-hydrogen) atoms. The number of halogens is 3. The van der Waals surface area contributed by atoms with Gasteiger partial charge in [0.1, 0.15) is 5.82 Å². The normalized spacial score (nSPS) is 10.3. The molecule has 0 bridgehead atoms. The van der Waals surface area contributed by atoms with Gasteiger partial charge in [-0.05, 0) is 51.8 Å². The Kier molecular flexibility index (Phi) is 4.02. The summed E-state index contributed by atoms with van der Waals surface area (Å²) in [5.41, 5.74) is 1.78. The van der Waals surface area contributed by atoms with Crippen LogP contribution < -0.4 is 5.32 Å². The maximum Gasteiger partial charge on any atom is 0.125 e. The average molecular weight is 315 g/mol. The van der Waals surface area contributed by atoms with Crippen molar-refractivity contribution in [2.24, 2.45) is 0 Å². The largest absolute Gasteiger partial charge is 0.380 e. The monoisotopic (exact) mass is 313 g/mol. The zero-order chi connectivity index (χ0) is 12.3. The van der Waals surface area contributed by atoms with Crippen molar-refractivity contribution in [2.45, 2.75) is 6.54 Å². The van der Waals surface area contributed by atoms with Gasteiger partial charge in [0.05, 0.1) is 0 Å². The molecule has 2 aromatic carbocycles. The Morgan fingerprint density at radius 2 is 1.94 bits per heavy atom. The molecule has 0 fully saturated rings. The smallest absolute Gasteiger partial charge is 0.125 e. The van der Waals surface area contributed by atoms with E-state index < -0.39 is 0 Å². The first kappa shape index (κ1) is 12.4. The molecule has 88 valence electrons. The fourth-order valence-corrected chi connectivity index (χ4v) is 2.18. The van der Waals surface area contributed by atoms with Crippen molar-refractivity contribution >= 4 is 33.2 Å². The standard InChI is InChI=1S/C13H10BrClFN/c14-12-3-1-2-4-13(12)17-8-9-5-10(15)7-11(16)6-9/h1-7,17H,8H2. The topological polar surface area (TPSA) is 12.0 Å². The molecule has 0 heterocycles. The van der Waals surface area contributed by atoms with Crippen LogP contribution in [0.15, 0.2) is 46.9 Å². The Balaban J connectivity index is 2.10. The SMILES string of the molecule is Fc1cc(Cl)cc(CNc2ccccc2Br)c1. The molecule has 0 saturated carbocycles. The third kappa shape index (κ3) is 3.45. The summed E-state index contributed by atoms with van der Waals surface area (Å²) in [4.78, 5) is 0. The molecule has 1 nitrogen and oxygen atoms in total. The van der Waals surface area contributed by atoms with Crippen LogP contribution in [0.5, 0.6) is 0 Å². The number of para-hydroxylation sites is 1. The predicted octanol–water partition coefficient (Wildman–Crippen LogP) is 4.85. The molecule has 0 atom stereocenters. The van der Waals surface area contributed by atoms with Crippen molar-refractivity contribution in [2.75, 3.05) is 5.32 Å². The van der Waals surface area contributed by atoms with Gasteiger partial charge in [-0.3, -0.25) is 0 Å². The highest BCUT2D eigenvalue weighted by Gasteiger charge is 2.01. The van der Waals surface area contributed by atoms with E-state index in [0.29, 0.717) is 11.6 Å². The molecule has 0 aliphatic carbocycles. The number of nitrogens with one attached hydrogen (secondary N) is 1. The highest BCUT2D eigenvalue weighted by atomic mass is 79.9. The molecule has 0 saturated heterocycles.